The molecule has 2 atom stereocenters. The lowest BCUT2D eigenvalue weighted by Crippen LogP contribution is -2.44. The molecule has 0 bridgehead atoms. The van der Waals surface area contributed by atoms with Crippen LogP contribution in [0.3, 0.4) is 0 Å². The molecule has 26 heavy (non-hydrogen) atoms. The molecule has 0 radical (unpaired) electrons. The monoisotopic (exact) mass is 355 g/mol. The van der Waals surface area contributed by atoms with Gasteiger partial charge in [0.1, 0.15) is 5.76 Å². The largest absolute Gasteiger partial charge is 0.361 e. The number of rotatable bonds is 4. The second-order valence-corrected chi connectivity index (χ2v) is 8.09. The first-order valence-corrected chi connectivity index (χ1v) is 9.36. The normalized spacial score (nSPS) is 19.5. The number of carbonyl (C=O) groups excluding carboxylic acids is 1. The predicted molar refractivity (Wildman–Crippen MR) is 102 cm³/mol. The Labute approximate surface area is 155 Å². The van der Waals surface area contributed by atoms with E-state index in [4.69, 9.17) is 4.52 Å². The van der Waals surface area contributed by atoms with Gasteiger partial charge in [-0.25, -0.2) is 4.79 Å². The fourth-order valence-electron chi connectivity index (χ4n) is 3.94. The standard InChI is InChI=1S/C21H29N3O2/c1-13(12-17-14(2)24-26-15(17)3)22-20(25)23-19-10-11-21(4,5)18-9-7-6-8-16(18)19/h6-9,13,19H,10-12H2,1-5H3,(H2,22,23,25)/t13-,19+/m1/s1. The van der Waals surface area contributed by atoms with Gasteiger partial charge in [0.2, 0.25) is 0 Å². The van der Waals surface area contributed by atoms with Gasteiger partial charge in [-0.3, -0.25) is 0 Å². The zero-order chi connectivity index (χ0) is 18.9. The van der Waals surface area contributed by atoms with Crippen molar-refractivity contribution in [3.8, 4) is 0 Å². The van der Waals surface area contributed by atoms with Crippen molar-refractivity contribution in [3.05, 3.63) is 52.4 Å². The van der Waals surface area contributed by atoms with Crippen molar-refractivity contribution in [1.82, 2.24) is 15.8 Å². The average Bonchev–Trinajstić information content (AvgIpc) is 2.89. The van der Waals surface area contributed by atoms with Gasteiger partial charge in [0.15, 0.2) is 0 Å². The van der Waals surface area contributed by atoms with Crippen LogP contribution in [-0.2, 0) is 11.8 Å². The van der Waals surface area contributed by atoms with Gasteiger partial charge in [-0.15, -0.1) is 0 Å². The number of nitrogens with one attached hydrogen (secondary N) is 2. The van der Waals surface area contributed by atoms with Crippen molar-refractivity contribution in [2.75, 3.05) is 0 Å². The molecule has 1 aliphatic rings. The summed E-state index contributed by atoms with van der Waals surface area (Å²) in [4.78, 5) is 12.5. The van der Waals surface area contributed by atoms with E-state index in [-0.39, 0.29) is 23.5 Å². The molecule has 1 aliphatic carbocycles. The predicted octanol–water partition coefficient (Wildman–Crippen LogP) is 4.33. The maximum atomic E-state index is 12.5. The van der Waals surface area contributed by atoms with E-state index in [1.165, 1.54) is 11.1 Å². The molecule has 0 saturated carbocycles. The molecule has 0 saturated heterocycles. The summed E-state index contributed by atoms with van der Waals surface area (Å²) in [5, 5.41) is 10.2. The van der Waals surface area contributed by atoms with E-state index in [1.807, 2.05) is 26.8 Å². The van der Waals surface area contributed by atoms with E-state index in [1.54, 1.807) is 0 Å². The highest BCUT2D eigenvalue weighted by Gasteiger charge is 2.33. The Bertz CT molecular complexity index is 775. The summed E-state index contributed by atoms with van der Waals surface area (Å²) in [6.45, 7) is 10.4. The lowest BCUT2D eigenvalue weighted by Gasteiger charge is -2.37. The molecule has 2 aromatic rings. The van der Waals surface area contributed by atoms with Gasteiger partial charge in [-0.2, -0.15) is 0 Å². The first-order valence-electron chi connectivity index (χ1n) is 9.36. The summed E-state index contributed by atoms with van der Waals surface area (Å²) in [5.41, 5.74) is 4.68. The van der Waals surface area contributed by atoms with Crippen LogP contribution < -0.4 is 10.6 Å². The number of aromatic nitrogens is 1. The first-order chi connectivity index (χ1) is 12.3. The highest BCUT2D eigenvalue weighted by atomic mass is 16.5. The number of hydrogen-bond acceptors (Lipinski definition) is 3. The Morgan fingerprint density at radius 3 is 2.77 bits per heavy atom. The second kappa shape index (κ2) is 7.14. The van der Waals surface area contributed by atoms with Crippen molar-refractivity contribution in [1.29, 1.82) is 0 Å². The Balaban J connectivity index is 1.63. The number of carbonyl (C=O) groups is 1. The van der Waals surface area contributed by atoms with E-state index < -0.39 is 0 Å². The van der Waals surface area contributed by atoms with E-state index in [9.17, 15) is 4.79 Å². The zero-order valence-corrected chi connectivity index (χ0v) is 16.3. The molecule has 1 aromatic carbocycles. The fraction of sp³-hybridized carbons (Fsp3) is 0.524. The summed E-state index contributed by atoms with van der Waals surface area (Å²) in [6.07, 6.45) is 2.72. The molecule has 140 valence electrons. The Morgan fingerprint density at radius 1 is 1.35 bits per heavy atom. The van der Waals surface area contributed by atoms with Gasteiger partial charge < -0.3 is 15.2 Å². The van der Waals surface area contributed by atoms with Gasteiger partial charge in [-0.1, -0.05) is 43.3 Å². The summed E-state index contributed by atoms with van der Waals surface area (Å²) < 4.78 is 5.20. The lowest BCUT2D eigenvalue weighted by molar-refractivity contribution is 0.230. The third-order valence-electron chi connectivity index (χ3n) is 5.50. The highest BCUT2D eigenvalue weighted by Crippen LogP contribution is 2.41. The van der Waals surface area contributed by atoms with E-state index in [0.717, 1.165) is 29.9 Å². The van der Waals surface area contributed by atoms with Crippen LogP contribution in [0.4, 0.5) is 4.79 Å². The summed E-state index contributed by atoms with van der Waals surface area (Å²) >= 11 is 0. The maximum Gasteiger partial charge on any atom is 0.315 e. The second-order valence-electron chi connectivity index (χ2n) is 8.09. The van der Waals surface area contributed by atoms with E-state index in [2.05, 4.69) is 47.8 Å². The van der Waals surface area contributed by atoms with Crippen molar-refractivity contribution >= 4 is 6.03 Å². The first kappa shape index (κ1) is 18.5. The van der Waals surface area contributed by atoms with Crippen LogP contribution in [0.25, 0.3) is 0 Å². The minimum atomic E-state index is -0.122. The Kier molecular flexibility index (Phi) is 5.08. The molecule has 3 rings (SSSR count). The van der Waals surface area contributed by atoms with Gasteiger partial charge in [0.05, 0.1) is 11.7 Å². The zero-order valence-electron chi connectivity index (χ0n) is 16.3. The number of urea groups is 1. The van der Waals surface area contributed by atoms with E-state index >= 15 is 0 Å². The molecule has 2 N–H and O–H groups in total. The number of hydrogen-bond donors (Lipinski definition) is 2. The van der Waals surface area contributed by atoms with Crippen LogP contribution in [0.5, 0.6) is 0 Å². The summed E-state index contributed by atoms with van der Waals surface area (Å²) in [5.74, 6) is 0.819. The molecule has 0 spiro atoms. The van der Waals surface area contributed by atoms with Crippen LogP contribution >= 0.6 is 0 Å². The van der Waals surface area contributed by atoms with Crippen molar-refractivity contribution < 1.29 is 9.32 Å². The minimum absolute atomic E-state index is 0.00192. The van der Waals surface area contributed by atoms with Crippen LogP contribution in [0.1, 0.15) is 67.8 Å². The van der Waals surface area contributed by atoms with Crippen LogP contribution in [0.15, 0.2) is 28.8 Å². The number of fused-ring (bicyclic) bond motifs is 1. The molecule has 0 aliphatic heterocycles. The quantitative estimate of drug-likeness (QED) is 0.857. The minimum Gasteiger partial charge on any atom is -0.361 e. The number of aryl methyl sites for hydroxylation is 2. The molecule has 0 unspecified atom stereocenters. The van der Waals surface area contributed by atoms with Crippen molar-refractivity contribution in [2.45, 2.75) is 71.4 Å². The highest BCUT2D eigenvalue weighted by molar-refractivity contribution is 5.75. The Morgan fingerprint density at radius 2 is 2.08 bits per heavy atom. The van der Waals surface area contributed by atoms with Crippen molar-refractivity contribution in [3.63, 3.8) is 0 Å². The Hall–Kier alpha value is -2.30. The van der Waals surface area contributed by atoms with E-state index in [0.29, 0.717) is 6.42 Å². The maximum absolute atomic E-state index is 12.5. The van der Waals surface area contributed by atoms with Crippen molar-refractivity contribution in [2.24, 2.45) is 0 Å². The fourth-order valence-corrected chi connectivity index (χ4v) is 3.94. The third-order valence-corrected chi connectivity index (χ3v) is 5.50. The summed E-state index contributed by atoms with van der Waals surface area (Å²) in [7, 11) is 0. The number of nitrogens with zero attached hydrogens (tertiary/aromatic N) is 1. The molecule has 1 aromatic heterocycles. The number of amides is 2. The molecule has 0 fully saturated rings. The van der Waals surface area contributed by atoms with Gasteiger partial charge in [0, 0.05) is 11.6 Å². The number of benzene rings is 1. The third kappa shape index (κ3) is 3.76. The molecular weight excluding hydrogens is 326 g/mol. The molecule has 2 amide bonds. The van der Waals surface area contributed by atoms with Crippen LogP contribution in [0.2, 0.25) is 0 Å². The van der Waals surface area contributed by atoms with Gasteiger partial charge in [0.25, 0.3) is 0 Å². The molecular formula is C21H29N3O2. The molecule has 5 heteroatoms. The molecule has 5 nitrogen and oxygen atoms in total. The smallest absolute Gasteiger partial charge is 0.315 e. The van der Waals surface area contributed by atoms with Gasteiger partial charge >= 0.3 is 6.03 Å². The van der Waals surface area contributed by atoms with Gasteiger partial charge in [-0.05, 0) is 56.6 Å². The van der Waals surface area contributed by atoms with Crippen LogP contribution in [0, 0.1) is 13.8 Å². The topological polar surface area (TPSA) is 67.2 Å². The molecule has 1 heterocycles. The van der Waals surface area contributed by atoms with Crippen LogP contribution in [-0.4, -0.2) is 17.2 Å². The SMILES string of the molecule is Cc1noc(C)c1C[C@@H](C)NC(=O)N[C@H]1CCC(C)(C)c2ccccc21. The average molecular weight is 355 g/mol. The summed E-state index contributed by atoms with van der Waals surface area (Å²) in [6, 6.07) is 8.38. The lowest BCUT2D eigenvalue weighted by atomic mass is 9.71.